The summed E-state index contributed by atoms with van der Waals surface area (Å²) in [6.07, 6.45) is 1.86. The number of allylic oxidation sites excluding steroid dienone is 1. The van der Waals surface area contributed by atoms with E-state index < -0.39 is 18.0 Å². The number of piperidine rings is 1. The molecule has 0 saturated carbocycles. The maximum Gasteiger partial charge on any atom is 0.573 e. The Morgan fingerprint density at radius 2 is 1.78 bits per heavy atom. The van der Waals surface area contributed by atoms with Crippen LogP contribution in [0.1, 0.15) is 39.1 Å². The number of alkyl halides is 3. The summed E-state index contributed by atoms with van der Waals surface area (Å²) >= 11 is 13.0. The molecule has 0 unspecified atom stereocenters. The number of halogens is 5. The van der Waals surface area contributed by atoms with Gasteiger partial charge in [-0.2, -0.15) is 0 Å². The van der Waals surface area contributed by atoms with Gasteiger partial charge in [-0.05, 0) is 61.7 Å². The van der Waals surface area contributed by atoms with Gasteiger partial charge >= 0.3 is 6.36 Å². The number of hydrogen-bond acceptors (Lipinski definition) is 4. The number of benzene rings is 2. The molecule has 0 atom stereocenters. The Balaban J connectivity index is 1.44. The third-order valence-corrected chi connectivity index (χ3v) is 7.31. The predicted octanol–water partition coefficient (Wildman–Crippen LogP) is 6.66. The molecule has 0 N–H and O–H groups in total. The summed E-state index contributed by atoms with van der Waals surface area (Å²) in [6, 6.07) is 6.82. The molecule has 2 aliphatic heterocycles. The topological polar surface area (TPSA) is 63.9 Å². The molecule has 2 aliphatic rings. The van der Waals surface area contributed by atoms with E-state index >= 15 is 0 Å². The summed E-state index contributed by atoms with van der Waals surface area (Å²) in [6.45, 7) is 2.62. The zero-order valence-corrected chi connectivity index (χ0v) is 21.0. The molecule has 11 heteroatoms. The first kappa shape index (κ1) is 25.4. The minimum atomic E-state index is -4.84. The van der Waals surface area contributed by atoms with Gasteiger partial charge in [0.05, 0.1) is 26.7 Å². The van der Waals surface area contributed by atoms with E-state index in [4.69, 9.17) is 23.2 Å². The van der Waals surface area contributed by atoms with Crippen LogP contribution in [0.2, 0.25) is 10.0 Å². The Morgan fingerprint density at radius 3 is 2.41 bits per heavy atom. The zero-order chi connectivity index (χ0) is 26.5. The summed E-state index contributed by atoms with van der Waals surface area (Å²) in [5.41, 5.74) is 1.89. The van der Waals surface area contributed by atoms with Gasteiger partial charge in [-0.1, -0.05) is 23.2 Å². The highest BCUT2D eigenvalue weighted by Gasteiger charge is 2.32. The lowest BCUT2D eigenvalue weighted by Gasteiger charge is -2.33. The predicted molar refractivity (Wildman–Crippen MR) is 135 cm³/mol. The van der Waals surface area contributed by atoms with Gasteiger partial charge in [0, 0.05) is 42.5 Å². The number of fused-ring (bicyclic) bond motifs is 1. The molecule has 0 bridgehead atoms. The maximum absolute atomic E-state index is 13.6. The molecule has 3 heterocycles. The Morgan fingerprint density at radius 1 is 1.08 bits per heavy atom. The molecule has 37 heavy (non-hydrogen) atoms. The molecular weight excluding hydrogens is 530 g/mol. The number of carbonyl (C=O) groups is 2. The van der Waals surface area contributed by atoms with Crippen LogP contribution >= 0.6 is 23.2 Å². The Hall–Kier alpha value is -3.30. The number of aromatic nitrogens is 1. The number of aryl methyl sites for hydroxylation is 1. The lowest BCUT2D eigenvalue weighted by atomic mass is 9.90. The molecule has 1 aromatic heterocycles. The lowest BCUT2D eigenvalue weighted by molar-refractivity contribution is -0.274. The van der Waals surface area contributed by atoms with Gasteiger partial charge in [0.1, 0.15) is 5.75 Å². The third kappa shape index (κ3) is 4.85. The SMILES string of the molecule is Cc1cc(OC(F)(F)F)cc2ccn(C(=O)c3c(Cl)ccc(C(=O)N4CCC(C5=NC=C5)CC4)c3Cl)c12. The van der Waals surface area contributed by atoms with E-state index in [1.165, 1.54) is 41.1 Å². The van der Waals surface area contributed by atoms with Gasteiger partial charge in [-0.15, -0.1) is 13.2 Å². The third-order valence-electron chi connectivity index (χ3n) is 6.60. The van der Waals surface area contributed by atoms with Crippen molar-refractivity contribution in [3.05, 3.63) is 75.5 Å². The standard InChI is InChI=1S/C26H20Cl2F3N3O3/c1-14-12-17(37-26(29,30)31)13-16-7-11-34(23(14)16)25(36)21-19(27)3-2-18(22(21)28)24(35)33-9-5-15(6-10-33)20-4-8-32-20/h2-4,7-8,11-13,15H,5-6,9-10H2,1H3. The minimum absolute atomic E-state index is 0.0524. The van der Waals surface area contributed by atoms with Crippen LogP contribution in [0.5, 0.6) is 5.75 Å². The van der Waals surface area contributed by atoms with Crippen LogP contribution in [0.15, 0.2) is 53.8 Å². The average Bonchev–Trinajstić information content (AvgIpc) is 3.21. The molecule has 0 spiro atoms. The number of rotatable bonds is 4. The summed E-state index contributed by atoms with van der Waals surface area (Å²) in [5.74, 6) is -0.988. The first-order chi connectivity index (χ1) is 17.5. The quantitative estimate of drug-likeness (QED) is 0.365. The fourth-order valence-corrected chi connectivity index (χ4v) is 5.42. The molecule has 1 amide bonds. The monoisotopic (exact) mass is 549 g/mol. The van der Waals surface area contributed by atoms with Gasteiger partial charge in [0.15, 0.2) is 0 Å². The smallest absolute Gasteiger partial charge is 0.406 e. The van der Waals surface area contributed by atoms with Crippen LogP contribution in [0.4, 0.5) is 13.2 Å². The Bertz CT molecular complexity index is 1490. The number of nitrogens with zero attached hydrogens (tertiary/aromatic N) is 3. The van der Waals surface area contributed by atoms with Crippen LogP contribution < -0.4 is 4.74 Å². The number of amides is 1. The van der Waals surface area contributed by atoms with E-state index in [2.05, 4.69) is 9.73 Å². The largest absolute Gasteiger partial charge is 0.573 e. The van der Waals surface area contributed by atoms with Crippen LogP contribution in [-0.4, -0.2) is 46.4 Å². The molecule has 0 radical (unpaired) electrons. The first-order valence-corrected chi connectivity index (χ1v) is 12.2. The van der Waals surface area contributed by atoms with Crippen LogP contribution in [-0.2, 0) is 0 Å². The fourth-order valence-electron chi connectivity index (χ4n) is 4.80. The average molecular weight is 550 g/mol. The van der Waals surface area contributed by atoms with E-state index in [1.807, 2.05) is 6.08 Å². The van der Waals surface area contributed by atoms with Gasteiger partial charge in [-0.25, -0.2) is 0 Å². The zero-order valence-electron chi connectivity index (χ0n) is 19.5. The molecule has 2 aromatic carbocycles. The van der Waals surface area contributed by atoms with Gasteiger partial charge in [0.25, 0.3) is 11.8 Å². The molecule has 5 rings (SSSR count). The van der Waals surface area contributed by atoms with Crippen molar-refractivity contribution in [1.82, 2.24) is 9.47 Å². The van der Waals surface area contributed by atoms with Crippen molar-refractivity contribution in [3.63, 3.8) is 0 Å². The fraction of sp³-hybridized carbons (Fsp3) is 0.269. The second kappa shape index (κ2) is 9.54. The summed E-state index contributed by atoms with van der Waals surface area (Å²) < 4.78 is 43.3. The maximum atomic E-state index is 13.6. The number of ether oxygens (including phenoxy) is 1. The highest BCUT2D eigenvalue weighted by atomic mass is 35.5. The summed E-state index contributed by atoms with van der Waals surface area (Å²) in [4.78, 5) is 32.8. The molecule has 192 valence electrons. The van der Waals surface area contributed by atoms with Crippen LogP contribution in [0, 0.1) is 12.8 Å². The first-order valence-electron chi connectivity index (χ1n) is 11.5. The molecule has 1 saturated heterocycles. The molecule has 3 aromatic rings. The van der Waals surface area contributed by atoms with Crippen molar-refractivity contribution in [3.8, 4) is 5.75 Å². The number of carbonyl (C=O) groups excluding carboxylic acids is 2. The summed E-state index contributed by atoms with van der Waals surface area (Å²) in [7, 11) is 0. The molecule has 6 nitrogen and oxygen atoms in total. The van der Waals surface area contributed by atoms with Crippen molar-refractivity contribution < 1.29 is 27.5 Å². The normalized spacial score (nSPS) is 16.1. The lowest BCUT2D eigenvalue weighted by Crippen LogP contribution is -2.40. The van der Waals surface area contributed by atoms with Crippen molar-refractivity contribution in [2.24, 2.45) is 10.9 Å². The van der Waals surface area contributed by atoms with E-state index in [-0.39, 0.29) is 27.1 Å². The van der Waals surface area contributed by atoms with Crippen molar-refractivity contribution in [2.45, 2.75) is 26.1 Å². The van der Waals surface area contributed by atoms with Crippen LogP contribution in [0.3, 0.4) is 0 Å². The van der Waals surface area contributed by atoms with E-state index in [0.717, 1.165) is 18.6 Å². The second-order valence-electron chi connectivity index (χ2n) is 8.94. The number of aliphatic imine (C=N–C) groups is 1. The van der Waals surface area contributed by atoms with E-state index in [9.17, 15) is 22.8 Å². The van der Waals surface area contributed by atoms with Gasteiger partial charge < -0.3 is 9.64 Å². The highest BCUT2D eigenvalue weighted by Crippen LogP contribution is 2.34. The number of hydrogen-bond donors (Lipinski definition) is 0. The van der Waals surface area contributed by atoms with E-state index in [1.54, 1.807) is 18.0 Å². The molecule has 0 aliphatic carbocycles. The van der Waals surface area contributed by atoms with Crippen molar-refractivity contribution >= 4 is 51.6 Å². The van der Waals surface area contributed by atoms with Gasteiger partial charge in [0.2, 0.25) is 0 Å². The van der Waals surface area contributed by atoms with E-state index in [0.29, 0.717) is 35.5 Å². The molecular formula is C26H20Cl2F3N3O3. The van der Waals surface area contributed by atoms with Crippen molar-refractivity contribution in [1.29, 1.82) is 0 Å². The van der Waals surface area contributed by atoms with Gasteiger partial charge in [-0.3, -0.25) is 19.1 Å². The Labute approximate surface area is 219 Å². The second-order valence-corrected chi connectivity index (χ2v) is 9.72. The van der Waals surface area contributed by atoms with Crippen LogP contribution in [0.25, 0.3) is 10.9 Å². The molecule has 1 fully saturated rings. The Kier molecular flexibility index (Phi) is 6.53. The minimum Gasteiger partial charge on any atom is -0.406 e. The number of likely N-dealkylation sites (tertiary alicyclic amines) is 1. The van der Waals surface area contributed by atoms with Crippen molar-refractivity contribution in [2.75, 3.05) is 13.1 Å². The highest BCUT2D eigenvalue weighted by molar-refractivity contribution is 6.41. The summed E-state index contributed by atoms with van der Waals surface area (Å²) in [5, 5.41) is 0.338.